The zero-order chi connectivity index (χ0) is 35.3. The van der Waals surface area contributed by atoms with Gasteiger partial charge in [-0.05, 0) is 87.4 Å². The molecule has 15 heteroatoms. The summed E-state index contributed by atoms with van der Waals surface area (Å²) in [6.45, 7) is 6.54. The number of hydrogen-bond donors (Lipinski definition) is 4. The molecular weight excluding hydrogens is 659 g/mol. The van der Waals surface area contributed by atoms with Gasteiger partial charge in [-0.1, -0.05) is 25.3 Å². The molecule has 1 aliphatic heterocycles. The minimum Gasteiger partial charge on any atom is -0.444 e. The van der Waals surface area contributed by atoms with Gasteiger partial charge in [0.25, 0.3) is 5.91 Å². The minimum atomic E-state index is -3.70. The maximum atomic E-state index is 13.5. The number of amides is 2. The van der Waals surface area contributed by atoms with Crippen LogP contribution in [0.1, 0.15) is 68.8 Å². The maximum Gasteiger partial charge on any atom is 0.407 e. The summed E-state index contributed by atoms with van der Waals surface area (Å²) in [7, 11) is -6.02. The molecule has 266 valence electrons. The fraction of sp³-hybridized carbons (Fsp3) is 0.576. The lowest BCUT2D eigenvalue weighted by molar-refractivity contribution is 0.0491. The fourth-order valence-electron chi connectivity index (χ4n) is 5.86. The number of anilines is 2. The van der Waals surface area contributed by atoms with Gasteiger partial charge >= 0.3 is 6.09 Å². The van der Waals surface area contributed by atoms with Crippen molar-refractivity contribution in [3.63, 3.8) is 0 Å². The quantitative estimate of drug-likeness (QED) is 0.243. The summed E-state index contributed by atoms with van der Waals surface area (Å²) in [5.74, 6) is 0.751. The normalized spacial score (nSPS) is 17.3. The van der Waals surface area contributed by atoms with E-state index in [0.29, 0.717) is 30.3 Å². The fourth-order valence-corrected chi connectivity index (χ4v) is 7.84. The number of carbonyl (C=O) groups excluding carboxylic acids is 2. The highest BCUT2D eigenvalue weighted by Gasteiger charge is 2.34. The summed E-state index contributed by atoms with van der Waals surface area (Å²) in [6.07, 6.45) is 5.00. The van der Waals surface area contributed by atoms with Crippen molar-refractivity contribution >= 4 is 43.4 Å². The first-order chi connectivity index (χ1) is 22.4. The van der Waals surface area contributed by atoms with E-state index < -0.39 is 43.8 Å². The van der Waals surface area contributed by atoms with E-state index in [1.807, 2.05) is 0 Å². The molecule has 0 spiro atoms. The molecular formula is C33H49N5O8S2. The van der Waals surface area contributed by atoms with Crippen LogP contribution in [0.4, 0.5) is 16.2 Å². The highest BCUT2D eigenvalue weighted by Crippen LogP contribution is 2.39. The van der Waals surface area contributed by atoms with Gasteiger partial charge in [0.05, 0.1) is 28.5 Å². The van der Waals surface area contributed by atoms with E-state index in [1.165, 1.54) is 56.6 Å². The Balaban J connectivity index is 1.39. The lowest BCUT2D eigenvalue weighted by atomic mass is 9.72. The standard InChI is InChI=1S/C33H49N5O8S2/c1-33(2,3)46-32(41)35-22-27(39)21-34-20-23-9-14-30(37(4)47(5,42)43)29(19-23)31(40)36-26-10-12-28(13-11-26)48(44,45)38-17-15-25(16-18-38)24-7-6-8-24/h9-14,19,24-25,27,34,39H,6-8,15-18,20-22H2,1-5H3,(H,35,41)(H,36,40). The minimum absolute atomic E-state index is 0.0351. The van der Waals surface area contributed by atoms with Crippen molar-refractivity contribution in [2.24, 2.45) is 11.8 Å². The molecule has 2 fully saturated rings. The number of benzene rings is 2. The van der Waals surface area contributed by atoms with E-state index in [-0.39, 0.29) is 35.8 Å². The Bertz CT molecular complexity index is 1650. The number of aliphatic hydroxyl groups is 1. The number of nitrogens with one attached hydrogen (secondary N) is 3. The Morgan fingerprint density at radius 2 is 1.60 bits per heavy atom. The summed E-state index contributed by atoms with van der Waals surface area (Å²) in [5, 5.41) is 18.6. The summed E-state index contributed by atoms with van der Waals surface area (Å²) < 4.78 is 59.1. The van der Waals surface area contributed by atoms with Gasteiger partial charge in [0.15, 0.2) is 0 Å². The summed E-state index contributed by atoms with van der Waals surface area (Å²) in [6, 6.07) is 10.7. The number of carbonyl (C=O) groups is 2. The van der Waals surface area contributed by atoms with Crippen molar-refractivity contribution in [1.29, 1.82) is 0 Å². The van der Waals surface area contributed by atoms with Crippen LogP contribution in [0.25, 0.3) is 0 Å². The Kier molecular flexibility index (Phi) is 12.2. The second-order valence-corrected chi connectivity index (χ2v) is 17.6. The Morgan fingerprint density at radius 1 is 0.979 bits per heavy atom. The van der Waals surface area contributed by atoms with E-state index in [9.17, 15) is 31.5 Å². The number of aliphatic hydroxyl groups excluding tert-OH is 1. The van der Waals surface area contributed by atoms with E-state index >= 15 is 0 Å². The number of sulfonamides is 2. The lowest BCUT2D eigenvalue weighted by Crippen LogP contribution is -2.41. The largest absolute Gasteiger partial charge is 0.444 e. The number of hydrogen-bond acceptors (Lipinski definition) is 9. The number of piperidine rings is 1. The summed E-state index contributed by atoms with van der Waals surface area (Å²) >= 11 is 0. The van der Waals surface area contributed by atoms with Crippen molar-refractivity contribution in [2.45, 2.75) is 76.0 Å². The van der Waals surface area contributed by atoms with E-state index in [2.05, 4.69) is 16.0 Å². The Morgan fingerprint density at radius 3 is 2.17 bits per heavy atom. The Hall–Kier alpha value is -3.24. The summed E-state index contributed by atoms with van der Waals surface area (Å²) in [4.78, 5) is 25.5. The molecule has 2 amide bonds. The van der Waals surface area contributed by atoms with Crippen molar-refractivity contribution in [3.8, 4) is 0 Å². The molecule has 13 nitrogen and oxygen atoms in total. The van der Waals surface area contributed by atoms with Gasteiger partial charge < -0.3 is 25.8 Å². The first kappa shape index (κ1) is 37.6. The molecule has 4 rings (SSSR count). The van der Waals surface area contributed by atoms with Crippen LogP contribution < -0.4 is 20.3 Å². The van der Waals surface area contributed by atoms with Crippen LogP contribution in [-0.2, 0) is 31.3 Å². The van der Waals surface area contributed by atoms with Gasteiger partial charge in [-0.2, -0.15) is 4.31 Å². The van der Waals surface area contributed by atoms with Crippen LogP contribution in [-0.4, -0.2) is 89.4 Å². The molecule has 1 unspecified atom stereocenters. The van der Waals surface area contributed by atoms with E-state index in [1.54, 1.807) is 37.2 Å². The second kappa shape index (κ2) is 15.5. The average molecular weight is 708 g/mol. The van der Waals surface area contributed by atoms with Crippen molar-refractivity contribution < 1.29 is 36.3 Å². The van der Waals surface area contributed by atoms with E-state index in [4.69, 9.17) is 4.74 Å². The van der Waals surface area contributed by atoms with Gasteiger partial charge in [-0.25, -0.2) is 21.6 Å². The smallest absolute Gasteiger partial charge is 0.407 e. The van der Waals surface area contributed by atoms with Crippen LogP contribution in [0.15, 0.2) is 47.4 Å². The second-order valence-electron chi connectivity index (χ2n) is 13.7. The van der Waals surface area contributed by atoms with Crippen molar-refractivity contribution in [1.82, 2.24) is 14.9 Å². The first-order valence-corrected chi connectivity index (χ1v) is 19.6. The third kappa shape index (κ3) is 10.1. The van der Waals surface area contributed by atoms with Crippen LogP contribution >= 0.6 is 0 Å². The van der Waals surface area contributed by atoms with Gasteiger partial charge in [0, 0.05) is 45.5 Å². The van der Waals surface area contributed by atoms with E-state index in [0.717, 1.165) is 29.3 Å². The third-order valence-electron chi connectivity index (χ3n) is 8.80. The average Bonchev–Trinajstić information content (AvgIpc) is 2.98. The molecule has 48 heavy (non-hydrogen) atoms. The molecule has 0 aromatic heterocycles. The maximum absolute atomic E-state index is 13.5. The monoisotopic (exact) mass is 707 g/mol. The molecule has 1 heterocycles. The summed E-state index contributed by atoms with van der Waals surface area (Å²) in [5.41, 5.74) is 0.565. The molecule has 1 saturated carbocycles. The van der Waals surface area contributed by atoms with Gasteiger partial charge in [-0.15, -0.1) is 0 Å². The van der Waals surface area contributed by atoms with Crippen LogP contribution in [0.5, 0.6) is 0 Å². The predicted molar refractivity (Wildman–Crippen MR) is 185 cm³/mol. The van der Waals surface area contributed by atoms with Gasteiger partial charge in [-0.3, -0.25) is 9.10 Å². The number of alkyl carbamates (subject to hydrolysis) is 1. The van der Waals surface area contributed by atoms with Gasteiger partial charge in [0.1, 0.15) is 5.60 Å². The highest BCUT2D eigenvalue weighted by atomic mass is 32.2. The van der Waals surface area contributed by atoms with Crippen molar-refractivity contribution in [2.75, 3.05) is 49.1 Å². The molecule has 2 aliphatic rings. The number of ether oxygens (including phenoxy) is 1. The van der Waals surface area contributed by atoms with Crippen LogP contribution in [0, 0.1) is 11.8 Å². The molecule has 1 atom stereocenters. The SMILES string of the molecule is CN(c1ccc(CNCC(O)CNC(=O)OC(C)(C)C)cc1C(=O)Nc1ccc(S(=O)(=O)N2CCC(C3CCC3)CC2)cc1)S(C)(=O)=O. The Labute approximate surface area is 284 Å². The number of rotatable bonds is 13. The van der Waals surface area contributed by atoms with Crippen molar-refractivity contribution in [3.05, 3.63) is 53.6 Å². The molecule has 4 N–H and O–H groups in total. The van der Waals surface area contributed by atoms with Gasteiger partial charge in [0.2, 0.25) is 20.0 Å². The molecule has 0 bridgehead atoms. The molecule has 0 radical (unpaired) electrons. The van der Waals surface area contributed by atoms with Crippen LogP contribution in [0.3, 0.4) is 0 Å². The molecule has 2 aromatic rings. The third-order valence-corrected chi connectivity index (χ3v) is 11.9. The first-order valence-electron chi connectivity index (χ1n) is 16.3. The number of nitrogens with zero attached hydrogens (tertiary/aromatic N) is 2. The predicted octanol–water partition coefficient (Wildman–Crippen LogP) is 3.51. The topological polar surface area (TPSA) is 174 Å². The lowest BCUT2D eigenvalue weighted by Gasteiger charge is -2.39. The highest BCUT2D eigenvalue weighted by molar-refractivity contribution is 7.92. The molecule has 2 aromatic carbocycles. The zero-order valence-electron chi connectivity index (χ0n) is 28.4. The van der Waals surface area contributed by atoms with Crippen LogP contribution in [0.2, 0.25) is 0 Å². The zero-order valence-corrected chi connectivity index (χ0v) is 30.0. The molecule has 1 saturated heterocycles. The molecule has 1 aliphatic carbocycles.